The summed E-state index contributed by atoms with van der Waals surface area (Å²) in [6, 6.07) is 2.51. The van der Waals surface area contributed by atoms with Crippen LogP contribution in [-0.4, -0.2) is 15.0 Å². The normalized spacial score (nSPS) is 11.6. The van der Waals surface area contributed by atoms with Crippen LogP contribution in [0.4, 0.5) is 8.78 Å². The average Bonchev–Trinajstić information content (AvgIpc) is 2.36. The van der Waals surface area contributed by atoms with Crippen molar-refractivity contribution in [3.05, 3.63) is 51.2 Å². The van der Waals surface area contributed by atoms with Crippen molar-refractivity contribution in [2.24, 2.45) is 0 Å². The van der Waals surface area contributed by atoms with Crippen LogP contribution in [0.2, 0.25) is 5.02 Å². The lowest BCUT2D eigenvalue weighted by atomic mass is 10.3. The molecule has 2 heterocycles. The van der Waals surface area contributed by atoms with Gasteiger partial charge in [-0.1, -0.05) is 23.4 Å². The Morgan fingerprint density at radius 3 is 2.90 bits per heavy atom. The molecule has 0 saturated heterocycles. The molecule has 0 bridgehead atoms. The third kappa shape index (κ3) is 3.77. The summed E-state index contributed by atoms with van der Waals surface area (Å²) in [6.45, 7) is 0.697. The van der Waals surface area contributed by atoms with Gasteiger partial charge in [0.2, 0.25) is 0 Å². The van der Waals surface area contributed by atoms with E-state index in [1.54, 1.807) is 12.3 Å². The molecule has 8 heteroatoms. The van der Waals surface area contributed by atoms with Gasteiger partial charge in [0.05, 0.1) is 5.02 Å². The van der Waals surface area contributed by atoms with Crippen molar-refractivity contribution >= 4 is 23.4 Å². The van der Waals surface area contributed by atoms with E-state index in [0.29, 0.717) is 17.7 Å². The van der Waals surface area contributed by atoms with Gasteiger partial charge in [0.15, 0.2) is 5.16 Å². The van der Waals surface area contributed by atoms with Gasteiger partial charge >= 0.3 is 0 Å². The second kappa shape index (κ2) is 5.88. The maximum Gasteiger partial charge on any atom is 0.287 e. The number of halogens is 3. The average molecular weight is 318 g/mol. The molecule has 0 unspecified atom stereocenters. The number of thioether (sulfide) groups is 1. The summed E-state index contributed by atoms with van der Waals surface area (Å²) in [6.07, 6.45) is 3.07. The molecule has 2 aromatic heterocycles. The van der Waals surface area contributed by atoms with E-state index in [2.05, 4.69) is 15.0 Å². The van der Waals surface area contributed by atoms with Gasteiger partial charge in [0.1, 0.15) is 5.69 Å². The lowest BCUT2D eigenvalue weighted by Gasteiger charge is -2.10. The molecule has 2 rings (SSSR count). The predicted octanol–water partition coefficient (Wildman–Crippen LogP) is 3.22. The number of pyridine rings is 1. The van der Waals surface area contributed by atoms with Crippen molar-refractivity contribution in [1.29, 1.82) is 0 Å². The number of aromatic nitrogens is 3. The van der Waals surface area contributed by atoms with Crippen molar-refractivity contribution in [2.45, 2.75) is 23.8 Å². The Kier molecular flexibility index (Phi) is 4.39. The number of nitrogens with one attached hydrogen (secondary N) is 1. The first-order valence-electron chi connectivity index (χ1n) is 5.57. The highest BCUT2D eigenvalue weighted by Gasteiger charge is 2.27. The first-order valence-corrected chi connectivity index (χ1v) is 6.93. The molecule has 0 aliphatic rings. The molecule has 0 radical (unpaired) electrons. The number of aromatic amines is 1. The number of nitrogens with zero attached hydrogens (tertiary/aromatic N) is 2. The van der Waals surface area contributed by atoms with E-state index in [0.717, 1.165) is 23.4 Å². The van der Waals surface area contributed by atoms with Crippen molar-refractivity contribution in [1.82, 2.24) is 15.0 Å². The minimum absolute atomic E-state index is 0.127. The highest BCUT2D eigenvalue weighted by Crippen LogP contribution is 2.27. The fraction of sp³-hybridized carbons (Fsp3) is 0.250. The Morgan fingerprint density at radius 2 is 2.25 bits per heavy atom. The molecule has 20 heavy (non-hydrogen) atoms. The second-order valence-electron chi connectivity index (χ2n) is 4.08. The standard InChI is InChI=1S/C12H10ClF2N3OS/c1-12(14,15)9-4-10(19)18-11(17-9)20-6-7-2-3-16-5-8(7)13/h2-5H,6H2,1H3,(H,17,18,19). The quantitative estimate of drug-likeness (QED) is 0.695. The first-order chi connectivity index (χ1) is 9.36. The SMILES string of the molecule is CC(F)(F)c1cc(=O)[nH]c(SCc2ccncc2Cl)n1. The van der Waals surface area contributed by atoms with Gasteiger partial charge in [-0.2, -0.15) is 8.78 Å². The van der Waals surface area contributed by atoms with E-state index < -0.39 is 17.2 Å². The lowest BCUT2D eigenvalue weighted by Crippen LogP contribution is -2.17. The largest absolute Gasteiger partial charge is 0.301 e. The molecule has 0 aromatic carbocycles. The highest BCUT2D eigenvalue weighted by molar-refractivity contribution is 7.98. The van der Waals surface area contributed by atoms with Crippen LogP contribution in [0.1, 0.15) is 18.2 Å². The van der Waals surface area contributed by atoms with Gasteiger partial charge in [-0.15, -0.1) is 0 Å². The molecule has 1 N–H and O–H groups in total. The monoisotopic (exact) mass is 317 g/mol. The molecule has 0 amide bonds. The zero-order valence-corrected chi connectivity index (χ0v) is 11.9. The smallest absolute Gasteiger partial charge is 0.287 e. The fourth-order valence-electron chi connectivity index (χ4n) is 1.40. The molecule has 0 aliphatic heterocycles. The van der Waals surface area contributed by atoms with Gasteiger partial charge in [-0.05, 0) is 11.6 Å². The summed E-state index contributed by atoms with van der Waals surface area (Å²) in [4.78, 5) is 21.4. The molecule has 0 fully saturated rings. The zero-order chi connectivity index (χ0) is 14.8. The Morgan fingerprint density at radius 1 is 1.50 bits per heavy atom. The van der Waals surface area contributed by atoms with E-state index in [4.69, 9.17) is 11.6 Å². The van der Waals surface area contributed by atoms with Crippen LogP contribution in [-0.2, 0) is 11.7 Å². The predicted molar refractivity (Wildman–Crippen MR) is 73.2 cm³/mol. The third-order valence-corrected chi connectivity index (χ3v) is 3.65. The molecule has 0 aliphatic carbocycles. The molecule has 2 aromatic rings. The Balaban J connectivity index is 2.20. The van der Waals surface area contributed by atoms with E-state index in [1.165, 1.54) is 6.20 Å². The van der Waals surface area contributed by atoms with Gasteiger partial charge in [-0.3, -0.25) is 9.78 Å². The molecule has 0 atom stereocenters. The van der Waals surface area contributed by atoms with Crippen molar-refractivity contribution in [2.75, 3.05) is 0 Å². The van der Waals surface area contributed by atoms with Gasteiger partial charge in [0.25, 0.3) is 11.5 Å². The second-order valence-corrected chi connectivity index (χ2v) is 5.45. The maximum atomic E-state index is 13.2. The molecular weight excluding hydrogens is 308 g/mol. The maximum absolute atomic E-state index is 13.2. The van der Waals surface area contributed by atoms with Crippen molar-refractivity contribution in [3.63, 3.8) is 0 Å². The number of alkyl halides is 2. The summed E-state index contributed by atoms with van der Waals surface area (Å²) in [7, 11) is 0. The van der Waals surface area contributed by atoms with Crippen LogP contribution in [0.5, 0.6) is 0 Å². The highest BCUT2D eigenvalue weighted by atomic mass is 35.5. The van der Waals surface area contributed by atoms with E-state index in [9.17, 15) is 13.6 Å². The van der Waals surface area contributed by atoms with E-state index >= 15 is 0 Å². The Labute approximate surface area is 122 Å². The number of hydrogen-bond donors (Lipinski definition) is 1. The van der Waals surface area contributed by atoms with Crippen LogP contribution >= 0.6 is 23.4 Å². The van der Waals surface area contributed by atoms with Crippen LogP contribution in [0, 0.1) is 0 Å². The number of rotatable bonds is 4. The fourth-order valence-corrected chi connectivity index (χ4v) is 2.54. The zero-order valence-electron chi connectivity index (χ0n) is 10.4. The third-order valence-electron chi connectivity index (χ3n) is 2.39. The van der Waals surface area contributed by atoms with Crippen LogP contribution < -0.4 is 5.56 Å². The van der Waals surface area contributed by atoms with Crippen LogP contribution in [0.15, 0.2) is 34.5 Å². The molecule has 0 spiro atoms. The van der Waals surface area contributed by atoms with Crippen LogP contribution in [0.25, 0.3) is 0 Å². The Bertz CT molecular complexity index is 672. The molecule has 4 nitrogen and oxygen atoms in total. The van der Waals surface area contributed by atoms with E-state index in [-0.39, 0.29) is 5.16 Å². The molecular formula is C12H10ClF2N3OS. The summed E-state index contributed by atoms with van der Waals surface area (Å²) >= 11 is 7.06. The number of hydrogen-bond acceptors (Lipinski definition) is 4. The topological polar surface area (TPSA) is 58.6 Å². The lowest BCUT2D eigenvalue weighted by molar-refractivity contribution is 0.0118. The summed E-state index contributed by atoms with van der Waals surface area (Å²) in [5.74, 6) is -2.76. The van der Waals surface area contributed by atoms with Crippen molar-refractivity contribution in [3.8, 4) is 0 Å². The summed E-state index contributed by atoms with van der Waals surface area (Å²) in [5, 5.41) is 0.598. The van der Waals surface area contributed by atoms with Crippen molar-refractivity contribution < 1.29 is 8.78 Å². The first kappa shape index (κ1) is 14.9. The molecule has 106 valence electrons. The van der Waals surface area contributed by atoms with Gasteiger partial charge < -0.3 is 4.98 Å². The van der Waals surface area contributed by atoms with Gasteiger partial charge in [0, 0.05) is 31.1 Å². The number of H-pyrrole nitrogens is 1. The molecule has 0 saturated carbocycles. The van der Waals surface area contributed by atoms with E-state index in [1.807, 2.05) is 0 Å². The minimum Gasteiger partial charge on any atom is -0.301 e. The van der Waals surface area contributed by atoms with Crippen LogP contribution in [0.3, 0.4) is 0 Å². The summed E-state index contributed by atoms with van der Waals surface area (Å²) < 4.78 is 26.4. The van der Waals surface area contributed by atoms with Gasteiger partial charge in [-0.25, -0.2) is 4.98 Å². The minimum atomic E-state index is -3.15. The Hall–Kier alpha value is -1.47. The summed E-state index contributed by atoms with van der Waals surface area (Å²) in [5.41, 5.74) is -0.382.